The Labute approximate surface area is 98.4 Å². The molecule has 1 nitrogen and oxygen atoms in total. The summed E-state index contributed by atoms with van der Waals surface area (Å²) in [5.74, 6) is 1.32. The Morgan fingerprint density at radius 2 is 1.94 bits per heavy atom. The SMILES string of the molecule is C/C(=C\c1ccccc1)[C@H]1[C@H](CN)C1(C)C. The van der Waals surface area contributed by atoms with Crippen LogP contribution in [0, 0.1) is 17.3 Å². The van der Waals surface area contributed by atoms with Crippen LogP contribution in [-0.2, 0) is 0 Å². The van der Waals surface area contributed by atoms with Crippen LogP contribution in [0.4, 0.5) is 0 Å². The van der Waals surface area contributed by atoms with Gasteiger partial charge in [-0.15, -0.1) is 0 Å². The summed E-state index contributed by atoms with van der Waals surface area (Å²) in [5.41, 5.74) is 8.95. The summed E-state index contributed by atoms with van der Waals surface area (Å²) in [6.45, 7) is 7.67. The van der Waals surface area contributed by atoms with Crippen molar-refractivity contribution in [2.24, 2.45) is 23.0 Å². The third kappa shape index (κ3) is 1.92. The van der Waals surface area contributed by atoms with Crippen molar-refractivity contribution in [3.63, 3.8) is 0 Å². The van der Waals surface area contributed by atoms with Crippen LogP contribution in [0.2, 0.25) is 0 Å². The van der Waals surface area contributed by atoms with Crippen molar-refractivity contribution >= 4 is 6.08 Å². The lowest BCUT2D eigenvalue weighted by atomic mass is 10.0. The molecule has 1 saturated carbocycles. The Morgan fingerprint density at radius 1 is 1.31 bits per heavy atom. The first-order valence-corrected chi connectivity index (χ1v) is 6.00. The fraction of sp³-hybridized carbons (Fsp3) is 0.467. The maximum atomic E-state index is 5.80. The second-order valence-electron chi connectivity index (χ2n) is 5.44. The monoisotopic (exact) mass is 215 g/mol. The molecule has 1 aromatic carbocycles. The van der Waals surface area contributed by atoms with E-state index in [4.69, 9.17) is 5.73 Å². The summed E-state index contributed by atoms with van der Waals surface area (Å²) in [4.78, 5) is 0. The number of hydrogen-bond acceptors (Lipinski definition) is 1. The maximum absolute atomic E-state index is 5.80. The number of rotatable bonds is 3. The molecule has 0 heterocycles. The maximum Gasteiger partial charge on any atom is -0.00376 e. The van der Waals surface area contributed by atoms with Gasteiger partial charge in [0.15, 0.2) is 0 Å². The molecule has 0 bridgehead atoms. The second-order valence-corrected chi connectivity index (χ2v) is 5.44. The van der Waals surface area contributed by atoms with E-state index in [0.29, 0.717) is 17.3 Å². The van der Waals surface area contributed by atoms with Crippen LogP contribution >= 0.6 is 0 Å². The number of benzene rings is 1. The summed E-state index contributed by atoms with van der Waals surface area (Å²) in [7, 11) is 0. The van der Waals surface area contributed by atoms with Crippen molar-refractivity contribution in [2.45, 2.75) is 20.8 Å². The largest absolute Gasteiger partial charge is 0.330 e. The molecule has 0 amide bonds. The summed E-state index contributed by atoms with van der Waals surface area (Å²) in [6.07, 6.45) is 2.29. The molecular formula is C15H21N. The molecule has 1 aromatic rings. The molecule has 0 spiro atoms. The van der Waals surface area contributed by atoms with Crippen molar-refractivity contribution in [3.8, 4) is 0 Å². The van der Waals surface area contributed by atoms with Crippen LogP contribution in [0.3, 0.4) is 0 Å². The van der Waals surface area contributed by atoms with Gasteiger partial charge in [-0.2, -0.15) is 0 Å². The molecule has 2 rings (SSSR count). The molecule has 2 atom stereocenters. The van der Waals surface area contributed by atoms with Gasteiger partial charge in [-0.3, -0.25) is 0 Å². The van der Waals surface area contributed by atoms with Crippen molar-refractivity contribution in [1.82, 2.24) is 0 Å². The zero-order valence-corrected chi connectivity index (χ0v) is 10.4. The van der Waals surface area contributed by atoms with Gasteiger partial charge in [0.05, 0.1) is 0 Å². The average molecular weight is 215 g/mol. The quantitative estimate of drug-likeness (QED) is 0.822. The predicted molar refractivity (Wildman–Crippen MR) is 69.9 cm³/mol. The standard InChI is InChI=1S/C15H21N/c1-11(9-12-7-5-4-6-8-12)14-13(10-16)15(14,2)3/h4-9,13-14H,10,16H2,1-3H3/b11-9+/t13-,14-/m0/s1. The van der Waals surface area contributed by atoms with Crippen LogP contribution in [0.15, 0.2) is 35.9 Å². The van der Waals surface area contributed by atoms with Crippen molar-refractivity contribution < 1.29 is 0 Å². The van der Waals surface area contributed by atoms with Crippen LogP contribution in [0.5, 0.6) is 0 Å². The smallest absolute Gasteiger partial charge is 0.00376 e. The van der Waals surface area contributed by atoms with Gasteiger partial charge < -0.3 is 5.73 Å². The molecule has 0 radical (unpaired) electrons. The predicted octanol–water partition coefficient (Wildman–Crippen LogP) is 3.32. The number of nitrogens with two attached hydrogens (primary N) is 1. The Kier molecular flexibility index (Phi) is 2.90. The number of hydrogen-bond donors (Lipinski definition) is 1. The first kappa shape index (κ1) is 11.4. The Morgan fingerprint density at radius 3 is 2.44 bits per heavy atom. The first-order valence-electron chi connectivity index (χ1n) is 6.00. The van der Waals surface area contributed by atoms with Crippen LogP contribution in [-0.4, -0.2) is 6.54 Å². The highest BCUT2D eigenvalue weighted by Crippen LogP contribution is 2.61. The Bertz CT molecular complexity index is 389. The van der Waals surface area contributed by atoms with Crippen molar-refractivity contribution in [3.05, 3.63) is 41.5 Å². The molecule has 0 aliphatic heterocycles. The Hall–Kier alpha value is -1.08. The van der Waals surface area contributed by atoms with E-state index < -0.39 is 0 Å². The average Bonchev–Trinajstić information content (AvgIpc) is 2.82. The van der Waals surface area contributed by atoms with Crippen LogP contribution in [0.1, 0.15) is 26.3 Å². The topological polar surface area (TPSA) is 26.0 Å². The third-order valence-corrected chi connectivity index (χ3v) is 3.99. The highest BCUT2D eigenvalue weighted by molar-refractivity contribution is 5.54. The fourth-order valence-corrected chi connectivity index (χ4v) is 2.99. The summed E-state index contributed by atoms with van der Waals surface area (Å²) in [5, 5.41) is 0. The lowest BCUT2D eigenvalue weighted by Gasteiger charge is -2.03. The highest BCUT2D eigenvalue weighted by Gasteiger charge is 2.56. The molecule has 0 unspecified atom stereocenters. The molecule has 86 valence electrons. The first-order chi connectivity index (χ1) is 7.57. The van der Waals surface area contributed by atoms with Gasteiger partial charge in [-0.25, -0.2) is 0 Å². The van der Waals surface area contributed by atoms with Gasteiger partial charge in [0, 0.05) is 0 Å². The minimum absolute atomic E-state index is 0.393. The lowest BCUT2D eigenvalue weighted by molar-refractivity contribution is 0.552. The highest BCUT2D eigenvalue weighted by atomic mass is 14.7. The molecule has 2 N–H and O–H groups in total. The lowest BCUT2D eigenvalue weighted by Crippen LogP contribution is -2.05. The normalized spacial score (nSPS) is 27.9. The van der Waals surface area contributed by atoms with E-state index in [-0.39, 0.29) is 0 Å². The van der Waals surface area contributed by atoms with E-state index in [2.05, 4.69) is 57.2 Å². The van der Waals surface area contributed by atoms with Crippen LogP contribution < -0.4 is 5.73 Å². The van der Waals surface area contributed by atoms with Gasteiger partial charge in [0.1, 0.15) is 0 Å². The summed E-state index contributed by atoms with van der Waals surface area (Å²) >= 11 is 0. The third-order valence-electron chi connectivity index (χ3n) is 3.99. The fourth-order valence-electron chi connectivity index (χ4n) is 2.99. The van der Waals surface area contributed by atoms with E-state index >= 15 is 0 Å². The minimum atomic E-state index is 0.393. The van der Waals surface area contributed by atoms with Crippen molar-refractivity contribution in [2.75, 3.05) is 6.54 Å². The summed E-state index contributed by atoms with van der Waals surface area (Å²) in [6, 6.07) is 10.5. The Balaban J connectivity index is 2.16. The molecule has 1 fully saturated rings. The molecule has 1 aliphatic carbocycles. The zero-order chi connectivity index (χ0) is 11.8. The number of allylic oxidation sites excluding steroid dienone is 1. The van der Waals surface area contributed by atoms with Gasteiger partial charge in [0.25, 0.3) is 0 Å². The van der Waals surface area contributed by atoms with Gasteiger partial charge in [-0.05, 0) is 36.3 Å². The molecule has 16 heavy (non-hydrogen) atoms. The minimum Gasteiger partial charge on any atom is -0.330 e. The second kappa shape index (κ2) is 4.06. The van der Waals surface area contributed by atoms with Crippen molar-refractivity contribution in [1.29, 1.82) is 0 Å². The summed E-state index contributed by atoms with van der Waals surface area (Å²) < 4.78 is 0. The van der Waals surface area contributed by atoms with E-state index in [1.165, 1.54) is 11.1 Å². The van der Waals surface area contributed by atoms with Gasteiger partial charge >= 0.3 is 0 Å². The molecule has 1 aliphatic rings. The van der Waals surface area contributed by atoms with E-state index in [1.54, 1.807) is 0 Å². The molecule has 0 saturated heterocycles. The van der Waals surface area contributed by atoms with E-state index in [1.807, 2.05) is 0 Å². The van der Waals surface area contributed by atoms with Crippen LogP contribution in [0.25, 0.3) is 6.08 Å². The van der Waals surface area contributed by atoms with E-state index in [0.717, 1.165) is 6.54 Å². The van der Waals surface area contributed by atoms with Gasteiger partial charge in [-0.1, -0.05) is 55.8 Å². The molecule has 1 heteroatoms. The molecular weight excluding hydrogens is 194 g/mol. The van der Waals surface area contributed by atoms with Gasteiger partial charge in [0.2, 0.25) is 0 Å². The van der Waals surface area contributed by atoms with E-state index in [9.17, 15) is 0 Å². The molecule has 0 aromatic heterocycles. The zero-order valence-electron chi connectivity index (χ0n) is 10.4.